The summed E-state index contributed by atoms with van der Waals surface area (Å²) in [7, 11) is 0. The van der Waals surface area contributed by atoms with Crippen molar-refractivity contribution < 1.29 is 19.5 Å². The van der Waals surface area contributed by atoms with Gasteiger partial charge in [-0.2, -0.15) is 0 Å². The maximum atomic E-state index is 12.6. The molecule has 2 aromatic rings. The van der Waals surface area contributed by atoms with Gasteiger partial charge in [-0.3, -0.25) is 24.6 Å². The van der Waals surface area contributed by atoms with E-state index in [1.54, 1.807) is 0 Å². The van der Waals surface area contributed by atoms with Crippen LogP contribution in [0.25, 0.3) is 0 Å². The molecular formula is C17H18ClN5O5. The highest BCUT2D eigenvalue weighted by atomic mass is 35.5. The average Bonchev–Trinajstić information content (AvgIpc) is 2.64. The summed E-state index contributed by atoms with van der Waals surface area (Å²) in [6, 6.07) is 6.22. The van der Waals surface area contributed by atoms with E-state index in [0.717, 1.165) is 4.57 Å². The van der Waals surface area contributed by atoms with Crippen LogP contribution < -0.4 is 27.5 Å². The van der Waals surface area contributed by atoms with Crippen LogP contribution in [0.5, 0.6) is 0 Å². The maximum absolute atomic E-state index is 12.6. The lowest BCUT2D eigenvalue weighted by Gasteiger charge is -2.16. The van der Waals surface area contributed by atoms with Gasteiger partial charge in [0.05, 0.1) is 10.7 Å². The van der Waals surface area contributed by atoms with Crippen molar-refractivity contribution in [2.75, 3.05) is 17.6 Å². The van der Waals surface area contributed by atoms with Crippen molar-refractivity contribution in [3.63, 3.8) is 0 Å². The topological polar surface area (TPSA) is 156 Å². The third-order valence-corrected chi connectivity index (χ3v) is 4.06. The predicted octanol–water partition coefficient (Wildman–Crippen LogP) is 0.603. The highest BCUT2D eigenvalue weighted by Gasteiger charge is 2.18. The molecule has 1 atom stereocenters. The summed E-state index contributed by atoms with van der Waals surface area (Å²) in [6.45, 7) is 0.970. The van der Waals surface area contributed by atoms with E-state index in [9.17, 15) is 19.2 Å². The molecule has 0 radical (unpaired) electrons. The lowest BCUT2D eigenvalue weighted by molar-refractivity contribution is -0.136. The van der Waals surface area contributed by atoms with Crippen molar-refractivity contribution in [3.05, 3.63) is 57.5 Å². The van der Waals surface area contributed by atoms with Crippen molar-refractivity contribution in [1.82, 2.24) is 15.4 Å². The molecule has 0 aliphatic rings. The molecule has 0 spiro atoms. The van der Waals surface area contributed by atoms with Crippen molar-refractivity contribution >= 4 is 40.8 Å². The summed E-state index contributed by atoms with van der Waals surface area (Å²) in [5.41, 5.74) is 9.89. The Morgan fingerprint density at radius 1 is 1.29 bits per heavy atom. The molecule has 0 fully saturated rings. The highest BCUT2D eigenvalue weighted by Crippen LogP contribution is 2.20. The Hall–Kier alpha value is -3.37. The number of hydrogen-bond acceptors (Lipinski definition) is 6. The number of hydrazine groups is 1. The van der Waals surface area contributed by atoms with E-state index >= 15 is 0 Å². The second-order valence-corrected chi connectivity index (χ2v) is 6.14. The number of aromatic nitrogens is 1. The van der Waals surface area contributed by atoms with Gasteiger partial charge in [0.1, 0.15) is 18.3 Å². The number of carboxylic acids is 1. The van der Waals surface area contributed by atoms with Gasteiger partial charge in [-0.05, 0) is 37.3 Å². The van der Waals surface area contributed by atoms with Gasteiger partial charge in [-0.15, -0.1) is 0 Å². The summed E-state index contributed by atoms with van der Waals surface area (Å²) >= 11 is 5.90. The fourth-order valence-corrected chi connectivity index (χ4v) is 2.39. The lowest BCUT2D eigenvalue weighted by atomic mass is 10.2. The first-order valence-electron chi connectivity index (χ1n) is 8.02. The molecule has 1 aromatic heterocycles. The van der Waals surface area contributed by atoms with Crippen molar-refractivity contribution in [2.45, 2.75) is 13.0 Å². The largest absolute Gasteiger partial charge is 0.480 e. The Labute approximate surface area is 164 Å². The number of anilines is 2. The number of rotatable bonds is 7. The van der Waals surface area contributed by atoms with Crippen LogP contribution in [0.1, 0.15) is 23.3 Å². The van der Waals surface area contributed by atoms with E-state index < -0.39 is 35.9 Å². The Balaban J connectivity index is 2.16. The second kappa shape index (κ2) is 9.02. The smallest absolute Gasteiger partial charge is 0.319 e. The molecule has 2 rings (SSSR count). The SMILES string of the molecule is CC(C(=O)NNCC(=O)O)n1cccc(NC(=O)c2ccc(N)c(Cl)c2)c1=O. The summed E-state index contributed by atoms with van der Waals surface area (Å²) in [5, 5.41) is 11.2. The second-order valence-electron chi connectivity index (χ2n) is 5.74. The first-order chi connectivity index (χ1) is 13.2. The van der Waals surface area contributed by atoms with E-state index in [1.807, 2.05) is 0 Å². The summed E-state index contributed by atoms with van der Waals surface area (Å²) in [5.74, 6) is -2.35. The number of benzene rings is 1. The number of carbonyl (C=O) groups is 3. The van der Waals surface area contributed by atoms with Crippen LogP contribution in [-0.4, -0.2) is 34.0 Å². The monoisotopic (exact) mass is 407 g/mol. The van der Waals surface area contributed by atoms with Crippen LogP contribution in [0.2, 0.25) is 5.02 Å². The summed E-state index contributed by atoms with van der Waals surface area (Å²) < 4.78 is 1.10. The number of hydrogen-bond donors (Lipinski definition) is 5. The molecule has 6 N–H and O–H groups in total. The molecule has 0 bridgehead atoms. The standard InChI is InChI=1S/C17H18ClN5O5/c1-9(15(26)22-20-8-14(24)25)23-6-2-3-13(17(23)28)21-16(27)10-4-5-12(19)11(18)7-10/h2-7,9,20H,8,19H2,1H3,(H,21,27)(H,22,26)(H,24,25). The van der Waals surface area contributed by atoms with Crippen molar-refractivity contribution in [3.8, 4) is 0 Å². The molecule has 148 valence electrons. The molecule has 0 saturated heterocycles. The molecule has 1 aromatic carbocycles. The van der Waals surface area contributed by atoms with Gasteiger partial charge >= 0.3 is 5.97 Å². The first-order valence-corrected chi connectivity index (χ1v) is 8.40. The number of nitrogens with one attached hydrogen (secondary N) is 3. The predicted molar refractivity (Wildman–Crippen MR) is 103 cm³/mol. The van der Waals surface area contributed by atoms with E-state index in [4.69, 9.17) is 22.4 Å². The van der Waals surface area contributed by atoms with Gasteiger partial charge in [0.2, 0.25) is 0 Å². The van der Waals surface area contributed by atoms with Crippen LogP contribution in [-0.2, 0) is 9.59 Å². The molecule has 0 aliphatic heterocycles. The van der Waals surface area contributed by atoms with E-state index in [1.165, 1.54) is 43.5 Å². The fraction of sp³-hybridized carbons (Fsp3) is 0.176. The number of amides is 2. The quantitative estimate of drug-likeness (QED) is 0.332. The Morgan fingerprint density at radius 3 is 2.64 bits per heavy atom. The minimum absolute atomic E-state index is 0.0430. The van der Waals surface area contributed by atoms with Crippen LogP contribution in [0.15, 0.2) is 41.3 Å². The number of pyridine rings is 1. The number of carbonyl (C=O) groups excluding carboxylic acids is 2. The number of nitrogens with zero attached hydrogens (tertiary/aromatic N) is 1. The number of aliphatic carboxylic acids is 1. The lowest BCUT2D eigenvalue weighted by Crippen LogP contribution is -2.45. The van der Waals surface area contributed by atoms with Gasteiger partial charge in [-0.1, -0.05) is 11.6 Å². The molecule has 2 amide bonds. The number of nitrogen functional groups attached to an aromatic ring is 1. The van der Waals surface area contributed by atoms with Crippen LogP contribution in [0.3, 0.4) is 0 Å². The molecular weight excluding hydrogens is 390 g/mol. The normalized spacial score (nSPS) is 11.5. The Kier molecular flexibility index (Phi) is 6.74. The Morgan fingerprint density at radius 2 is 2.00 bits per heavy atom. The first kappa shape index (κ1) is 20.9. The molecule has 0 saturated carbocycles. The summed E-state index contributed by atoms with van der Waals surface area (Å²) in [6.07, 6.45) is 1.37. The van der Waals surface area contributed by atoms with E-state index in [2.05, 4.69) is 16.2 Å². The van der Waals surface area contributed by atoms with Gasteiger partial charge < -0.3 is 20.7 Å². The van der Waals surface area contributed by atoms with Crippen molar-refractivity contribution in [2.24, 2.45) is 0 Å². The Bertz CT molecular complexity index is 975. The highest BCUT2D eigenvalue weighted by molar-refractivity contribution is 6.33. The van der Waals surface area contributed by atoms with Crippen LogP contribution >= 0.6 is 11.6 Å². The minimum Gasteiger partial charge on any atom is -0.480 e. The fourth-order valence-electron chi connectivity index (χ4n) is 2.21. The van der Waals surface area contributed by atoms with Gasteiger partial charge in [0.25, 0.3) is 17.4 Å². The van der Waals surface area contributed by atoms with E-state index in [-0.39, 0.29) is 16.3 Å². The molecule has 11 heteroatoms. The van der Waals surface area contributed by atoms with E-state index in [0.29, 0.717) is 5.69 Å². The number of halogens is 1. The molecule has 1 unspecified atom stereocenters. The molecule has 10 nitrogen and oxygen atoms in total. The molecule has 1 heterocycles. The third-order valence-electron chi connectivity index (χ3n) is 3.73. The van der Waals surface area contributed by atoms with Gasteiger partial charge in [0.15, 0.2) is 0 Å². The van der Waals surface area contributed by atoms with Crippen LogP contribution in [0, 0.1) is 0 Å². The van der Waals surface area contributed by atoms with Crippen LogP contribution in [0.4, 0.5) is 11.4 Å². The van der Waals surface area contributed by atoms with Gasteiger partial charge in [0, 0.05) is 11.8 Å². The summed E-state index contributed by atoms with van der Waals surface area (Å²) in [4.78, 5) is 47.5. The zero-order valence-corrected chi connectivity index (χ0v) is 15.5. The minimum atomic E-state index is -1.15. The van der Waals surface area contributed by atoms with Crippen molar-refractivity contribution in [1.29, 1.82) is 0 Å². The zero-order chi connectivity index (χ0) is 20.8. The molecule has 28 heavy (non-hydrogen) atoms. The number of carboxylic acid groups (broad SMARTS) is 1. The maximum Gasteiger partial charge on any atom is 0.319 e. The number of nitrogens with two attached hydrogens (primary N) is 1. The third kappa shape index (κ3) is 5.09. The van der Waals surface area contributed by atoms with Gasteiger partial charge in [-0.25, -0.2) is 5.43 Å². The molecule has 0 aliphatic carbocycles. The zero-order valence-electron chi connectivity index (χ0n) is 14.7. The average molecular weight is 408 g/mol.